The Labute approximate surface area is 147 Å². The summed E-state index contributed by atoms with van der Waals surface area (Å²) in [6, 6.07) is 11.2. The first-order valence-corrected chi connectivity index (χ1v) is 8.21. The highest BCUT2D eigenvalue weighted by molar-refractivity contribution is 9.10. The van der Waals surface area contributed by atoms with E-state index >= 15 is 0 Å². The van der Waals surface area contributed by atoms with Gasteiger partial charge in [-0.1, -0.05) is 23.7 Å². The number of ether oxygens (including phenoxy) is 1. The Morgan fingerprint density at radius 2 is 1.96 bits per heavy atom. The zero-order valence-corrected chi connectivity index (χ0v) is 14.9. The van der Waals surface area contributed by atoms with E-state index in [1.165, 1.54) is 0 Å². The van der Waals surface area contributed by atoms with E-state index in [1.54, 1.807) is 7.11 Å². The molecular formula is C16H15BrClN3O2. The lowest BCUT2D eigenvalue weighted by Gasteiger charge is -2.27. The minimum atomic E-state index is -0.139. The van der Waals surface area contributed by atoms with Gasteiger partial charge in [-0.05, 0) is 52.7 Å². The van der Waals surface area contributed by atoms with E-state index in [0.717, 1.165) is 10.0 Å². The van der Waals surface area contributed by atoms with Crippen LogP contribution in [0.5, 0.6) is 5.88 Å². The number of halogens is 2. The van der Waals surface area contributed by atoms with Crippen molar-refractivity contribution in [3.63, 3.8) is 0 Å². The normalized spacial score (nSPS) is 20.6. The van der Waals surface area contributed by atoms with Crippen molar-refractivity contribution < 1.29 is 9.57 Å². The molecule has 2 atom stereocenters. The van der Waals surface area contributed by atoms with E-state index in [2.05, 4.69) is 26.4 Å². The molecule has 1 aromatic heterocycles. The molecule has 1 N–H and O–H groups in total. The first-order valence-electron chi connectivity index (χ1n) is 7.04. The van der Waals surface area contributed by atoms with Crippen LogP contribution in [0.2, 0.25) is 5.02 Å². The Morgan fingerprint density at radius 1 is 1.22 bits per heavy atom. The van der Waals surface area contributed by atoms with Gasteiger partial charge in [-0.2, -0.15) is 0 Å². The molecule has 23 heavy (non-hydrogen) atoms. The summed E-state index contributed by atoms with van der Waals surface area (Å²) in [5.41, 5.74) is 4.54. The van der Waals surface area contributed by atoms with E-state index in [4.69, 9.17) is 26.2 Å². The Kier molecular flexibility index (Phi) is 4.84. The molecule has 0 saturated heterocycles. The summed E-state index contributed by atoms with van der Waals surface area (Å²) in [5, 5.41) is 0.694. The Balaban J connectivity index is 1.96. The first-order chi connectivity index (χ1) is 11.1. The zero-order valence-electron chi connectivity index (χ0n) is 12.6. The number of methoxy groups -OCH3 is 1. The average Bonchev–Trinajstić information content (AvgIpc) is 2.57. The van der Waals surface area contributed by atoms with Gasteiger partial charge in [-0.15, -0.1) is 0 Å². The molecule has 7 heteroatoms. The van der Waals surface area contributed by atoms with Gasteiger partial charge < -0.3 is 4.74 Å². The number of benzene rings is 1. The van der Waals surface area contributed by atoms with Crippen molar-refractivity contribution in [3.05, 3.63) is 57.2 Å². The zero-order chi connectivity index (χ0) is 16.4. The van der Waals surface area contributed by atoms with Gasteiger partial charge in [-0.3, -0.25) is 9.83 Å². The van der Waals surface area contributed by atoms with Crippen LogP contribution in [0.1, 0.15) is 24.2 Å². The summed E-state index contributed by atoms with van der Waals surface area (Å²) in [7, 11) is 1.57. The fourth-order valence-electron chi connectivity index (χ4n) is 2.31. The molecular weight excluding hydrogens is 382 g/mol. The van der Waals surface area contributed by atoms with E-state index in [0.29, 0.717) is 22.4 Å². The van der Waals surface area contributed by atoms with Crippen LogP contribution in [0.25, 0.3) is 0 Å². The standard InChI is InChI=1S/C16H15BrClN3O2/c1-9-14(10-3-5-11(18)6-4-10)20-15(21-23-9)13-8-7-12(17)16(19-13)22-2/h3-9,14H,1-2H3,(H,20,21). The third-order valence-corrected chi connectivity index (χ3v) is 4.37. The van der Waals surface area contributed by atoms with Crippen LogP contribution in [-0.2, 0) is 4.84 Å². The second-order valence-electron chi connectivity index (χ2n) is 5.09. The molecule has 3 rings (SSSR count). The van der Waals surface area contributed by atoms with Crippen LogP contribution in [0.3, 0.4) is 0 Å². The number of amidine groups is 1. The van der Waals surface area contributed by atoms with Crippen molar-refractivity contribution in [2.75, 3.05) is 7.11 Å². The van der Waals surface area contributed by atoms with Crippen LogP contribution < -0.4 is 10.2 Å². The van der Waals surface area contributed by atoms with Gasteiger partial charge in [0.2, 0.25) is 5.88 Å². The number of aromatic nitrogens is 1. The minimum Gasteiger partial charge on any atom is -0.480 e. The SMILES string of the molecule is COc1nc(C2=NC(c3ccc(Cl)cc3)C(C)ON2)ccc1Br. The van der Waals surface area contributed by atoms with Crippen molar-refractivity contribution in [3.8, 4) is 5.88 Å². The summed E-state index contributed by atoms with van der Waals surface area (Å²) >= 11 is 9.34. The fraction of sp³-hybridized carbons (Fsp3) is 0.250. The monoisotopic (exact) mass is 395 g/mol. The van der Waals surface area contributed by atoms with Gasteiger partial charge in [0.15, 0.2) is 5.84 Å². The Morgan fingerprint density at radius 3 is 2.65 bits per heavy atom. The smallest absolute Gasteiger partial charge is 0.228 e. The summed E-state index contributed by atoms with van der Waals surface area (Å²) in [6.45, 7) is 1.96. The number of rotatable bonds is 3. The first kappa shape index (κ1) is 16.2. The number of nitrogens with one attached hydrogen (secondary N) is 1. The molecule has 0 spiro atoms. The van der Waals surface area contributed by atoms with Crippen LogP contribution in [0.15, 0.2) is 45.9 Å². The summed E-state index contributed by atoms with van der Waals surface area (Å²) in [6.07, 6.45) is -0.114. The van der Waals surface area contributed by atoms with E-state index in [1.807, 2.05) is 43.3 Å². The Hall–Kier alpha value is -1.63. The summed E-state index contributed by atoms with van der Waals surface area (Å²) < 4.78 is 6.01. The van der Waals surface area contributed by atoms with Crippen molar-refractivity contribution in [2.24, 2.45) is 4.99 Å². The number of hydrogen-bond acceptors (Lipinski definition) is 5. The third-order valence-electron chi connectivity index (χ3n) is 3.52. The average molecular weight is 397 g/mol. The van der Waals surface area contributed by atoms with Crippen molar-refractivity contribution in [2.45, 2.75) is 19.1 Å². The van der Waals surface area contributed by atoms with Gasteiger partial charge in [0.05, 0.1) is 11.6 Å². The molecule has 2 unspecified atom stereocenters. The van der Waals surface area contributed by atoms with Crippen LogP contribution in [-0.4, -0.2) is 24.0 Å². The number of pyridine rings is 1. The van der Waals surface area contributed by atoms with E-state index < -0.39 is 0 Å². The van der Waals surface area contributed by atoms with Crippen LogP contribution in [0, 0.1) is 0 Å². The quantitative estimate of drug-likeness (QED) is 0.854. The maximum atomic E-state index is 5.95. The summed E-state index contributed by atoms with van der Waals surface area (Å²) in [4.78, 5) is 14.8. The van der Waals surface area contributed by atoms with Crippen molar-refractivity contribution in [1.82, 2.24) is 10.5 Å². The molecule has 1 aliphatic heterocycles. The highest BCUT2D eigenvalue weighted by Crippen LogP contribution is 2.28. The molecule has 2 heterocycles. The molecule has 1 aliphatic rings. The Bertz CT molecular complexity index is 737. The number of hydrogen-bond donors (Lipinski definition) is 1. The van der Waals surface area contributed by atoms with Crippen molar-refractivity contribution >= 4 is 33.4 Å². The summed E-state index contributed by atoms with van der Waals surface area (Å²) in [5.74, 6) is 1.06. The number of hydroxylamine groups is 1. The molecule has 0 bridgehead atoms. The van der Waals surface area contributed by atoms with Crippen LogP contribution in [0.4, 0.5) is 0 Å². The second kappa shape index (κ2) is 6.86. The molecule has 0 fully saturated rings. The van der Waals surface area contributed by atoms with Gasteiger partial charge in [0.25, 0.3) is 0 Å². The lowest BCUT2D eigenvalue weighted by atomic mass is 10.0. The molecule has 0 amide bonds. The molecule has 1 aromatic carbocycles. The number of aliphatic imine (C=N–C) groups is 1. The molecule has 0 aliphatic carbocycles. The van der Waals surface area contributed by atoms with Gasteiger partial charge in [-0.25, -0.2) is 10.5 Å². The van der Waals surface area contributed by atoms with Crippen molar-refractivity contribution in [1.29, 1.82) is 0 Å². The maximum Gasteiger partial charge on any atom is 0.228 e. The van der Waals surface area contributed by atoms with Gasteiger partial charge in [0.1, 0.15) is 17.8 Å². The molecule has 0 saturated carbocycles. The fourth-order valence-corrected chi connectivity index (χ4v) is 2.81. The molecule has 2 aromatic rings. The largest absolute Gasteiger partial charge is 0.480 e. The van der Waals surface area contributed by atoms with E-state index in [9.17, 15) is 0 Å². The van der Waals surface area contributed by atoms with E-state index in [-0.39, 0.29) is 12.1 Å². The third kappa shape index (κ3) is 3.49. The molecule has 0 radical (unpaired) electrons. The topological polar surface area (TPSA) is 55.7 Å². The maximum absolute atomic E-state index is 5.95. The predicted octanol–water partition coefficient (Wildman–Crippen LogP) is 3.92. The predicted molar refractivity (Wildman–Crippen MR) is 92.9 cm³/mol. The van der Waals surface area contributed by atoms with Crippen LogP contribution >= 0.6 is 27.5 Å². The van der Waals surface area contributed by atoms with Gasteiger partial charge >= 0.3 is 0 Å². The molecule has 5 nitrogen and oxygen atoms in total. The highest BCUT2D eigenvalue weighted by atomic mass is 79.9. The lowest BCUT2D eigenvalue weighted by Crippen LogP contribution is -2.38. The second-order valence-corrected chi connectivity index (χ2v) is 6.38. The van der Waals surface area contributed by atoms with Gasteiger partial charge in [0, 0.05) is 5.02 Å². The number of nitrogens with zero attached hydrogens (tertiary/aromatic N) is 2. The lowest BCUT2D eigenvalue weighted by molar-refractivity contribution is -0.00478. The molecule has 120 valence electrons. The highest BCUT2D eigenvalue weighted by Gasteiger charge is 2.26. The minimum absolute atomic E-state index is 0.114.